The minimum atomic E-state index is -0.686. The molecular formula is C22H34N4O4. The highest BCUT2D eigenvalue weighted by Crippen LogP contribution is 2.29. The van der Waals surface area contributed by atoms with Crippen LogP contribution in [0.2, 0.25) is 0 Å². The number of aliphatic imine (C=N–C) groups is 1. The van der Waals surface area contributed by atoms with Crippen molar-refractivity contribution in [2.75, 3.05) is 20.6 Å². The molecule has 1 atom stereocenters. The van der Waals surface area contributed by atoms with E-state index in [0.717, 1.165) is 17.7 Å². The molecule has 0 aromatic heterocycles. The van der Waals surface area contributed by atoms with Crippen LogP contribution in [0, 0.1) is 0 Å². The van der Waals surface area contributed by atoms with Crippen LogP contribution in [-0.2, 0) is 16.0 Å². The first-order valence-electron chi connectivity index (χ1n) is 10.1. The van der Waals surface area contributed by atoms with E-state index in [1.54, 1.807) is 41.5 Å². The molecule has 0 bridgehead atoms. The molecule has 0 saturated carbocycles. The first-order chi connectivity index (χ1) is 13.7. The van der Waals surface area contributed by atoms with Crippen molar-refractivity contribution in [1.29, 1.82) is 0 Å². The summed E-state index contributed by atoms with van der Waals surface area (Å²) in [6.07, 6.45) is -1.24. The second-order valence-electron chi connectivity index (χ2n) is 9.64. The van der Waals surface area contributed by atoms with Crippen LogP contribution in [0.15, 0.2) is 29.3 Å². The summed E-state index contributed by atoms with van der Waals surface area (Å²) in [6.45, 7) is 11.8. The summed E-state index contributed by atoms with van der Waals surface area (Å²) in [5.74, 6) is 0.126. The molecule has 2 amide bonds. The molecule has 1 aromatic carbocycles. The molecular weight excluding hydrogens is 384 g/mol. The highest BCUT2D eigenvalue weighted by atomic mass is 16.6. The largest absolute Gasteiger partial charge is 0.444 e. The fraction of sp³-hybridized carbons (Fsp3) is 0.591. The molecule has 1 aromatic rings. The number of nitrogens with zero attached hydrogens (tertiary/aromatic N) is 3. The first-order valence-corrected chi connectivity index (χ1v) is 10.1. The molecule has 1 aliphatic rings. The first kappa shape index (κ1) is 23.7. The maximum Gasteiger partial charge on any atom is 0.417 e. The standard InChI is InChI=1S/C22H34N4O4/c1-21(2,3)29-19(27)24-18-23-13-17(26(18)20(28)30-22(4,5)6)16-11-9-10-15(12-16)14-25(7)8/h9-12,17H,13-14H2,1-8H3,(H,23,24,27). The number of carbonyl (C=O) groups is 2. The van der Waals surface area contributed by atoms with E-state index in [-0.39, 0.29) is 12.0 Å². The Morgan fingerprint density at radius 2 is 1.77 bits per heavy atom. The number of benzene rings is 1. The van der Waals surface area contributed by atoms with Crippen molar-refractivity contribution in [1.82, 2.24) is 15.1 Å². The van der Waals surface area contributed by atoms with E-state index in [2.05, 4.69) is 15.2 Å². The van der Waals surface area contributed by atoms with E-state index in [4.69, 9.17) is 9.47 Å². The van der Waals surface area contributed by atoms with Gasteiger partial charge in [0.25, 0.3) is 0 Å². The van der Waals surface area contributed by atoms with Crippen molar-refractivity contribution in [3.63, 3.8) is 0 Å². The molecule has 1 heterocycles. The maximum atomic E-state index is 13.0. The predicted octanol–water partition coefficient (Wildman–Crippen LogP) is 3.92. The van der Waals surface area contributed by atoms with Crippen molar-refractivity contribution in [2.24, 2.45) is 4.99 Å². The van der Waals surface area contributed by atoms with Gasteiger partial charge in [-0.15, -0.1) is 0 Å². The van der Waals surface area contributed by atoms with Gasteiger partial charge in [0.1, 0.15) is 11.2 Å². The summed E-state index contributed by atoms with van der Waals surface area (Å²) in [5.41, 5.74) is 0.689. The Kier molecular flexibility index (Phi) is 7.13. The Hall–Kier alpha value is -2.61. The molecule has 0 radical (unpaired) electrons. The summed E-state index contributed by atoms with van der Waals surface area (Å²) in [6, 6.07) is 7.62. The molecule has 1 N–H and O–H groups in total. The third-order valence-corrected chi connectivity index (χ3v) is 3.99. The van der Waals surface area contributed by atoms with E-state index >= 15 is 0 Å². The van der Waals surface area contributed by atoms with Crippen LogP contribution in [0.25, 0.3) is 0 Å². The second kappa shape index (κ2) is 9.04. The van der Waals surface area contributed by atoms with Crippen LogP contribution in [0.1, 0.15) is 58.7 Å². The Morgan fingerprint density at radius 1 is 1.13 bits per heavy atom. The summed E-state index contributed by atoms with van der Waals surface area (Å²) >= 11 is 0. The Bertz CT molecular complexity index is 806. The molecule has 0 saturated heterocycles. The molecule has 30 heavy (non-hydrogen) atoms. The van der Waals surface area contributed by atoms with Gasteiger partial charge in [0.05, 0.1) is 12.6 Å². The monoisotopic (exact) mass is 418 g/mol. The Morgan fingerprint density at radius 3 is 2.33 bits per heavy atom. The topological polar surface area (TPSA) is 83.5 Å². The van der Waals surface area contributed by atoms with Crippen LogP contribution in [0.3, 0.4) is 0 Å². The number of hydrogen-bond acceptors (Lipinski definition) is 6. The second-order valence-corrected chi connectivity index (χ2v) is 9.64. The molecule has 8 heteroatoms. The number of ether oxygens (including phenoxy) is 2. The summed E-state index contributed by atoms with van der Waals surface area (Å²) in [4.78, 5) is 33.2. The third kappa shape index (κ3) is 7.02. The normalized spacial score (nSPS) is 17.0. The van der Waals surface area contributed by atoms with Gasteiger partial charge in [0, 0.05) is 6.54 Å². The van der Waals surface area contributed by atoms with E-state index in [1.165, 1.54) is 4.90 Å². The number of carbonyl (C=O) groups excluding carboxylic acids is 2. The van der Waals surface area contributed by atoms with Crippen LogP contribution < -0.4 is 5.32 Å². The zero-order valence-corrected chi connectivity index (χ0v) is 19.3. The molecule has 166 valence electrons. The van der Waals surface area contributed by atoms with Gasteiger partial charge in [0.15, 0.2) is 0 Å². The van der Waals surface area contributed by atoms with E-state index < -0.39 is 23.4 Å². The van der Waals surface area contributed by atoms with Gasteiger partial charge in [-0.1, -0.05) is 24.3 Å². The Balaban J connectivity index is 2.30. The quantitative estimate of drug-likeness (QED) is 0.804. The molecule has 8 nitrogen and oxygen atoms in total. The van der Waals surface area contributed by atoms with Gasteiger partial charge in [-0.3, -0.25) is 5.32 Å². The fourth-order valence-electron chi connectivity index (χ4n) is 3.02. The highest BCUT2D eigenvalue weighted by molar-refractivity contribution is 6.02. The third-order valence-electron chi connectivity index (χ3n) is 3.99. The highest BCUT2D eigenvalue weighted by Gasteiger charge is 2.38. The van der Waals surface area contributed by atoms with Crippen LogP contribution >= 0.6 is 0 Å². The van der Waals surface area contributed by atoms with Gasteiger partial charge in [0.2, 0.25) is 5.96 Å². The van der Waals surface area contributed by atoms with Crippen molar-refractivity contribution >= 4 is 18.1 Å². The minimum Gasteiger partial charge on any atom is -0.444 e. The number of hydrogen-bond donors (Lipinski definition) is 1. The smallest absolute Gasteiger partial charge is 0.417 e. The van der Waals surface area contributed by atoms with E-state index in [1.807, 2.05) is 38.4 Å². The number of alkyl carbamates (subject to hydrolysis) is 1. The van der Waals surface area contributed by atoms with Crippen LogP contribution in [-0.4, -0.2) is 59.8 Å². The molecule has 0 fully saturated rings. The molecule has 0 spiro atoms. The lowest BCUT2D eigenvalue weighted by Gasteiger charge is -2.30. The van der Waals surface area contributed by atoms with Crippen LogP contribution in [0.4, 0.5) is 9.59 Å². The molecule has 1 aliphatic heterocycles. The molecule has 1 unspecified atom stereocenters. The lowest BCUT2D eigenvalue weighted by Crippen LogP contribution is -2.48. The maximum absolute atomic E-state index is 13.0. The average Bonchev–Trinajstić information content (AvgIpc) is 2.94. The molecule has 0 aliphatic carbocycles. The van der Waals surface area contributed by atoms with Gasteiger partial charge in [-0.2, -0.15) is 0 Å². The van der Waals surface area contributed by atoms with E-state index in [0.29, 0.717) is 6.54 Å². The Labute approximate surface area is 179 Å². The van der Waals surface area contributed by atoms with Crippen molar-refractivity contribution in [2.45, 2.75) is 65.3 Å². The minimum absolute atomic E-state index is 0.126. The van der Waals surface area contributed by atoms with Crippen molar-refractivity contribution < 1.29 is 19.1 Å². The van der Waals surface area contributed by atoms with Crippen molar-refractivity contribution in [3.05, 3.63) is 35.4 Å². The SMILES string of the molecule is CN(C)Cc1cccc(C2CN=C(NC(=O)OC(C)(C)C)N2C(=O)OC(C)(C)C)c1. The summed E-state index contributed by atoms with van der Waals surface area (Å²) < 4.78 is 10.9. The summed E-state index contributed by atoms with van der Waals surface area (Å²) in [7, 11) is 4.00. The van der Waals surface area contributed by atoms with Gasteiger partial charge in [-0.25, -0.2) is 19.5 Å². The van der Waals surface area contributed by atoms with Gasteiger partial charge < -0.3 is 14.4 Å². The molecule has 2 rings (SSSR count). The predicted molar refractivity (Wildman–Crippen MR) is 116 cm³/mol. The van der Waals surface area contributed by atoms with Gasteiger partial charge in [-0.05, 0) is 66.8 Å². The zero-order chi connectivity index (χ0) is 22.7. The van der Waals surface area contributed by atoms with Crippen molar-refractivity contribution in [3.8, 4) is 0 Å². The fourth-order valence-corrected chi connectivity index (χ4v) is 3.02. The number of guanidine groups is 1. The average molecular weight is 419 g/mol. The van der Waals surface area contributed by atoms with Gasteiger partial charge >= 0.3 is 12.2 Å². The number of rotatable bonds is 3. The number of amides is 2. The van der Waals surface area contributed by atoms with Crippen LogP contribution in [0.5, 0.6) is 0 Å². The lowest BCUT2D eigenvalue weighted by atomic mass is 10.0. The number of nitrogens with one attached hydrogen (secondary N) is 1. The lowest BCUT2D eigenvalue weighted by molar-refractivity contribution is 0.0321. The van der Waals surface area contributed by atoms with E-state index in [9.17, 15) is 9.59 Å². The summed E-state index contributed by atoms with van der Waals surface area (Å²) in [5, 5.41) is 2.60. The zero-order valence-electron chi connectivity index (χ0n) is 19.3.